The van der Waals surface area contributed by atoms with Crippen molar-refractivity contribution in [2.45, 2.75) is 26.0 Å². The van der Waals surface area contributed by atoms with Gasteiger partial charge in [-0.2, -0.15) is 0 Å². The molecule has 0 aliphatic heterocycles. The van der Waals surface area contributed by atoms with E-state index in [9.17, 15) is 4.39 Å². The van der Waals surface area contributed by atoms with Crippen LogP contribution < -0.4 is 10.5 Å². The van der Waals surface area contributed by atoms with Gasteiger partial charge in [-0.1, -0.05) is 29.8 Å². The number of benzene rings is 2. The first-order valence-corrected chi connectivity index (χ1v) is 7.20. The molecular formula is C16H17BrFNO. The van der Waals surface area contributed by atoms with Gasteiger partial charge >= 0.3 is 0 Å². The highest BCUT2D eigenvalue weighted by molar-refractivity contribution is 9.10. The molecule has 0 amide bonds. The molecule has 2 aromatic rings. The molecule has 20 heavy (non-hydrogen) atoms. The summed E-state index contributed by atoms with van der Waals surface area (Å²) in [5.41, 5.74) is 8.15. The quantitative estimate of drug-likeness (QED) is 0.899. The second kappa shape index (κ2) is 6.37. The zero-order valence-electron chi connectivity index (χ0n) is 11.4. The minimum atomic E-state index is -0.337. The number of hydrogen-bond acceptors (Lipinski definition) is 2. The Hall–Kier alpha value is -1.39. The Kier molecular flexibility index (Phi) is 4.78. The van der Waals surface area contributed by atoms with E-state index >= 15 is 0 Å². The minimum Gasteiger partial charge on any atom is -0.483 e. The van der Waals surface area contributed by atoms with Crippen molar-refractivity contribution in [1.29, 1.82) is 0 Å². The number of halogens is 2. The van der Waals surface area contributed by atoms with Crippen LogP contribution in [0.5, 0.6) is 5.75 Å². The zero-order chi connectivity index (χ0) is 14.7. The molecule has 106 valence electrons. The molecule has 2 N–H and O–H groups in total. The lowest BCUT2D eigenvalue weighted by Gasteiger charge is -2.23. The fourth-order valence-electron chi connectivity index (χ4n) is 1.94. The fraction of sp³-hybridized carbons (Fsp3) is 0.250. The molecule has 2 unspecified atom stereocenters. The SMILES string of the molecule is Cc1ccc(C(Oc2cc(F)ccc2Br)C(C)N)cc1. The van der Waals surface area contributed by atoms with E-state index in [1.54, 1.807) is 6.07 Å². The van der Waals surface area contributed by atoms with Gasteiger partial charge in [-0.05, 0) is 47.5 Å². The third-order valence-corrected chi connectivity index (χ3v) is 3.69. The van der Waals surface area contributed by atoms with Crippen LogP contribution in [0.15, 0.2) is 46.9 Å². The highest BCUT2D eigenvalue weighted by Crippen LogP contribution is 2.31. The van der Waals surface area contributed by atoms with Gasteiger partial charge in [0, 0.05) is 12.1 Å². The molecule has 2 nitrogen and oxygen atoms in total. The molecule has 0 aromatic heterocycles. The lowest BCUT2D eigenvalue weighted by molar-refractivity contribution is 0.178. The smallest absolute Gasteiger partial charge is 0.139 e. The lowest BCUT2D eigenvalue weighted by Crippen LogP contribution is -2.29. The van der Waals surface area contributed by atoms with Gasteiger partial charge in [0.2, 0.25) is 0 Å². The average Bonchev–Trinajstić information content (AvgIpc) is 2.40. The molecule has 0 aliphatic carbocycles. The van der Waals surface area contributed by atoms with Gasteiger partial charge in [0.15, 0.2) is 0 Å². The van der Waals surface area contributed by atoms with E-state index in [1.807, 2.05) is 38.1 Å². The fourth-order valence-corrected chi connectivity index (χ4v) is 2.28. The van der Waals surface area contributed by atoms with Crippen LogP contribution in [0.3, 0.4) is 0 Å². The van der Waals surface area contributed by atoms with E-state index in [1.165, 1.54) is 17.7 Å². The van der Waals surface area contributed by atoms with Crippen molar-refractivity contribution in [3.8, 4) is 5.75 Å². The number of aryl methyl sites for hydroxylation is 1. The largest absolute Gasteiger partial charge is 0.483 e. The van der Waals surface area contributed by atoms with Crippen molar-refractivity contribution in [2.75, 3.05) is 0 Å². The maximum Gasteiger partial charge on any atom is 0.139 e. The maximum atomic E-state index is 13.3. The third-order valence-electron chi connectivity index (χ3n) is 3.03. The first kappa shape index (κ1) is 15.0. The predicted octanol–water partition coefficient (Wildman–Crippen LogP) is 4.36. The molecule has 2 aromatic carbocycles. The second-order valence-electron chi connectivity index (χ2n) is 4.88. The molecule has 2 atom stereocenters. The van der Waals surface area contributed by atoms with Crippen LogP contribution in [0.4, 0.5) is 4.39 Å². The number of nitrogens with two attached hydrogens (primary N) is 1. The molecule has 0 aliphatic rings. The molecule has 0 saturated carbocycles. The Morgan fingerprint density at radius 2 is 1.80 bits per heavy atom. The van der Waals surface area contributed by atoms with E-state index in [-0.39, 0.29) is 18.0 Å². The van der Waals surface area contributed by atoms with Gasteiger partial charge in [-0.15, -0.1) is 0 Å². The van der Waals surface area contributed by atoms with Gasteiger partial charge in [0.1, 0.15) is 17.7 Å². The Morgan fingerprint density at radius 3 is 2.40 bits per heavy atom. The molecular weight excluding hydrogens is 321 g/mol. The van der Waals surface area contributed by atoms with Crippen LogP contribution in [0.2, 0.25) is 0 Å². The van der Waals surface area contributed by atoms with Gasteiger partial charge in [-0.3, -0.25) is 0 Å². The standard InChI is InChI=1S/C16H17BrFNO/c1-10-3-5-12(6-4-10)16(11(2)19)20-15-9-13(18)7-8-14(15)17/h3-9,11,16H,19H2,1-2H3. The molecule has 0 heterocycles. The van der Waals surface area contributed by atoms with E-state index < -0.39 is 0 Å². The first-order chi connectivity index (χ1) is 9.47. The monoisotopic (exact) mass is 337 g/mol. The summed E-state index contributed by atoms with van der Waals surface area (Å²) in [7, 11) is 0. The Morgan fingerprint density at radius 1 is 1.15 bits per heavy atom. The van der Waals surface area contributed by atoms with Crippen molar-refractivity contribution >= 4 is 15.9 Å². The number of hydrogen-bond donors (Lipinski definition) is 1. The maximum absolute atomic E-state index is 13.3. The van der Waals surface area contributed by atoms with E-state index in [0.717, 1.165) is 5.56 Å². The van der Waals surface area contributed by atoms with Crippen LogP contribution in [0.1, 0.15) is 24.2 Å². The molecule has 0 fully saturated rings. The molecule has 0 saturated heterocycles. The van der Waals surface area contributed by atoms with Crippen LogP contribution in [-0.4, -0.2) is 6.04 Å². The van der Waals surface area contributed by atoms with Gasteiger partial charge in [0.05, 0.1) is 4.47 Å². The van der Waals surface area contributed by atoms with Crippen LogP contribution >= 0.6 is 15.9 Å². The lowest BCUT2D eigenvalue weighted by atomic mass is 10.0. The third kappa shape index (κ3) is 3.58. The molecule has 0 radical (unpaired) electrons. The number of rotatable bonds is 4. The summed E-state index contributed by atoms with van der Waals surface area (Å²) >= 11 is 3.36. The van der Waals surface area contributed by atoms with Gasteiger partial charge in [0.25, 0.3) is 0 Å². The topological polar surface area (TPSA) is 35.2 Å². The predicted molar refractivity (Wildman–Crippen MR) is 82.3 cm³/mol. The minimum absolute atomic E-state index is 0.215. The summed E-state index contributed by atoms with van der Waals surface area (Å²) in [4.78, 5) is 0. The summed E-state index contributed by atoms with van der Waals surface area (Å²) in [6, 6.07) is 12.1. The Bertz CT molecular complexity index is 584. The van der Waals surface area contributed by atoms with Gasteiger partial charge < -0.3 is 10.5 Å². The zero-order valence-corrected chi connectivity index (χ0v) is 13.0. The average molecular weight is 338 g/mol. The number of ether oxygens (including phenoxy) is 1. The summed E-state index contributed by atoms with van der Waals surface area (Å²) in [5.74, 6) is 0.114. The van der Waals surface area contributed by atoms with Crippen molar-refractivity contribution in [2.24, 2.45) is 5.73 Å². The molecule has 4 heteroatoms. The highest BCUT2D eigenvalue weighted by Gasteiger charge is 2.19. The Labute approximate surface area is 126 Å². The second-order valence-corrected chi connectivity index (χ2v) is 5.74. The van der Waals surface area contributed by atoms with E-state index in [0.29, 0.717) is 10.2 Å². The summed E-state index contributed by atoms with van der Waals surface area (Å²) in [6.07, 6.45) is -0.325. The normalized spacial score (nSPS) is 13.8. The Balaban J connectivity index is 2.30. The van der Waals surface area contributed by atoms with Crippen LogP contribution in [0.25, 0.3) is 0 Å². The summed E-state index contributed by atoms with van der Waals surface area (Å²) in [5, 5.41) is 0. The van der Waals surface area contributed by atoms with E-state index in [2.05, 4.69) is 15.9 Å². The molecule has 0 bridgehead atoms. The van der Waals surface area contributed by atoms with E-state index in [4.69, 9.17) is 10.5 Å². The molecule has 0 spiro atoms. The summed E-state index contributed by atoms with van der Waals surface area (Å²) in [6.45, 7) is 3.90. The van der Waals surface area contributed by atoms with Crippen molar-refractivity contribution in [3.05, 3.63) is 63.9 Å². The summed E-state index contributed by atoms with van der Waals surface area (Å²) < 4.78 is 19.9. The van der Waals surface area contributed by atoms with Gasteiger partial charge in [-0.25, -0.2) is 4.39 Å². The first-order valence-electron chi connectivity index (χ1n) is 6.41. The highest BCUT2D eigenvalue weighted by atomic mass is 79.9. The van der Waals surface area contributed by atoms with Crippen molar-refractivity contribution in [1.82, 2.24) is 0 Å². The van der Waals surface area contributed by atoms with Crippen LogP contribution in [0, 0.1) is 12.7 Å². The van der Waals surface area contributed by atoms with Crippen molar-refractivity contribution < 1.29 is 9.13 Å². The molecule has 2 rings (SSSR count). The van der Waals surface area contributed by atoms with Crippen LogP contribution in [-0.2, 0) is 0 Å². The van der Waals surface area contributed by atoms with Crippen molar-refractivity contribution in [3.63, 3.8) is 0 Å².